The standard InChI is InChI=1S/C12H21NO/c1-2-3-6-9-13-10-7-4-5-8-12(13)11-14/h12,14H,4-11H2,1H3. The van der Waals surface area contributed by atoms with Gasteiger partial charge in [-0.2, -0.15) is 0 Å². The van der Waals surface area contributed by atoms with Gasteiger partial charge >= 0.3 is 0 Å². The van der Waals surface area contributed by atoms with E-state index < -0.39 is 0 Å². The Morgan fingerprint density at radius 2 is 2.21 bits per heavy atom. The molecule has 1 aliphatic heterocycles. The summed E-state index contributed by atoms with van der Waals surface area (Å²) in [6, 6.07) is 0.385. The van der Waals surface area contributed by atoms with Crippen molar-refractivity contribution >= 4 is 0 Å². The molecule has 0 aliphatic carbocycles. The van der Waals surface area contributed by atoms with Gasteiger partial charge in [0.25, 0.3) is 0 Å². The van der Waals surface area contributed by atoms with Crippen LogP contribution >= 0.6 is 0 Å². The molecule has 0 aromatic heterocycles. The van der Waals surface area contributed by atoms with Crippen molar-refractivity contribution in [2.75, 3.05) is 19.7 Å². The molecule has 1 heterocycles. The lowest BCUT2D eigenvalue weighted by molar-refractivity contribution is 0.127. The molecule has 1 rings (SSSR count). The molecule has 0 spiro atoms. The summed E-state index contributed by atoms with van der Waals surface area (Å²) in [7, 11) is 0. The molecule has 1 saturated heterocycles. The van der Waals surface area contributed by atoms with Crippen molar-refractivity contribution in [3.8, 4) is 11.8 Å². The van der Waals surface area contributed by atoms with Crippen LogP contribution in [-0.2, 0) is 0 Å². The monoisotopic (exact) mass is 195 g/mol. The van der Waals surface area contributed by atoms with E-state index in [1.165, 1.54) is 19.3 Å². The second-order valence-electron chi connectivity index (χ2n) is 3.90. The molecular formula is C12H21NO. The molecule has 2 heteroatoms. The Hall–Kier alpha value is -0.520. The van der Waals surface area contributed by atoms with Gasteiger partial charge in [-0.05, 0) is 26.3 Å². The predicted octanol–water partition coefficient (Wildman–Crippen LogP) is 1.64. The minimum Gasteiger partial charge on any atom is -0.395 e. The highest BCUT2D eigenvalue weighted by molar-refractivity contribution is 4.95. The van der Waals surface area contributed by atoms with Crippen LogP contribution in [0.25, 0.3) is 0 Å². The highest BCUT2D eigenvalue weighted by Crippen LogP contribution is 2.16. The van der Waals surface area contributed by atoms with Gasteiger partial charge in [-0.15, -0.1) is 11.8 Å². The topological polar surface area (TPSA) is 23.5 Å². The summed E-state index contributed by atoms with van der Waals surface area (Å²) in [6.07, 6.45) is 5.94. The lowest BCUT2D eigenvalue weighted by Crippen LogP contribution is -2.38. The summed E-state index contributed by atoms with van der Waals surface area (Å²) >= 11 is 0. The summed E-state index contributed by atoms with van der Waals surface area (Å²) in [5.41, 5.74) is 0. The van der Waals surface area contributed by atoms with E-state index in [9.17, 15) is 5.11 Å². The average molecular weight is 195 g/mol. The van der Waals surface area contributed by atoms with Gasteiger partial charge in [0, 0.05) is 19.0 Å². The second-order valence-corrected chi connectivity index (χ2v) is 3.90. The van der Waals surface area contributed by atoms with Gasteiger partial charge in [-0.1, -0.05) is 12.8 Å². The smallest absolute Gasteiger partial charge is 0.0586 e. The molecule has 1 N–H and O–H groups in total. The van der Waals surface area contributed by atoms with Crippen LogP contribution in [0.2, 0.25) is 0 Å². The van der Waals surface area contributed by atoms with Gasteiger partial charge in [0.15, 0.2) is 0 Å². The molecule has 0 radical (unpaired) electrons. The summed E-state index contributed by atoms with van der Waals surface area (Å²) in [5.74, 6) is 6.00. The summed E-state index contributed by atoms with van der Waals surface area (Å²) in [6.45, 7) is 4.34. The molecule has 0 aromatic rings. The van der Waals surface area contributed by atoms with Crippen LogP contribution in [0, 0.1) is 11.8 Å². The number of rotatable bonds is 3. The van der Waals surface area contributed by atoms with Crippen LogP contribution < -0.4 is 0 Å². The largest absolute Gasteiger partial charge is 0.395 e. The summed E-state index contributed by atoms with van der Waals surface area (Å²) < 4.78 is 0. The van der Waals surface area contributed by atoms with E-state index in [2.05, 4.69) is 16.7 Å². The van der Waals surface area contributed by atoms with Crippen molar-refractivity contribution in [3.63, 3.8) is 0 Å². The van der Waals surface area contributed by atoms with E-state index in [1.54, 1.807) is 0 Å². The van der Waals surface area contributed by atoms with E-state index in [1.807, 2.05) is 6.92 Å². The van der Waals surface area contributed by atoms with Crippen molar-refractivity contribution in [2.45, 2.75) is 45.1 Å². The van der Waals surface area contributed by atoms with Crippen LogP contribution in [0.1, 0.15) is 39.0 Å². The first kappa shape index (κ1) is 11.6. The Balaban J connectivity index is 2.38. The third kappa shape index (κ3) is 3.69. The number of hydrogen-bond donors (Lipinski definition) is 1. The van der Waals surface area contributed by atoms with Crippen LogP contribution in [0.15, 0.2) is 0 Å². The average Bonchev–Trinajstić information content (AvgIpc) is 2.43. The molecule has 2 nitrogen and oxygen atoms in total. The lowest BCUT2D eigenvalue weighted by Gasteiger charge is -2.27. The van der Waals surface area contributed by atoms with Gasteiger partial charge in [0.1, 0.15) is 0 Å². The van der Waals surface area contributed by atoms with E-state index in [0.717, 1.165) is 25.9 Å². The maximum atomic E-state index is 9.27. The molecule has 1 unspecified atom stereocenters. The highest BCUT2D eigenvalue weighted by atomic mass is 16.3. The third-order valence-electron chi connectivity index (χ3n) is 2.91. The van der Waals surface area contributed by atoms with Gasteiger partial charge < -0.3 is 5.11 Å². The Labute approximate surface area is 87.3 Å². The molecule has 80 valence electrons. The molecular weight excluding hydrogens is 174 g/mol. The normalized spacial score (nSPS) is 23.7. The Morgan fingerprint density at radius 1 is 1.36 bits per heavy atom. The van der Waals surface area contributed by atoms with Crippen molar-refractivity contribution in [3.05, 3.63) is 0 Å². The van der Waals surface area contributed by atoms with Gasteiger partial charge in [-0.25, -0.2) is 0 Å². The number of nitrogens with zero attached hydrogens (tertiary/aromatic N) is 1. The van der Waals surface area contributed by atoms with E-state index in [4.69, 9.17) is 0 Å². The molecule has 0 saturated carbocycles. The zero-order valence-electron chi connectivity index (χ0n) is 9.13. The number of aliphatic hydroxyl groups is 1. The molecule has 14 heavy (non-hydrogen) atoms. The van der Waals surface area contributed by atoms with Crippen molar-refractivity contribution in [1.29, 1.82) is 0 Å². The molecule has 0 bridgehead atoms. The first-order valence-electron chi connectivity index (χ1n) is 5.63. The fraction of sp³-hybridized carbons (Fsp3) is 0.833. The first-order valence-corrected chi connectivity index (χ1v) is 5.63. The number of aliphatic hydroxyl groups excluding tert-OH is 1. The summed E-state index contributed by atoms with van der Waals surface area (Å²) in [5, 5.41) is 9.27. The Bertz CT molecular complexity index is 204. The highest BCUT2D eigenvalue weighted by Gasteiger charge is 2.18. The fourth-order valence-electron chi connectivity index (χ4n) is 2.06. The molecule has 0 aromatic carbocycles. The van der Waals surface area contributed by atoms with Gasteiger partial charge in [-0.3, -0.25) is 4.90 Å². The lowest BCUT2D eigenvalue weighted by atomic mass is 10.1. The van der Waals surface area contributed by atoms with Gasteiger partial charge in [0.05, 0.1) is 6.61 Å². The zero-order valence-corrected chi connectivity index (χ0v) is 9.13. The second kappa shape index (κ2) is 6.86. The molecule has 0 amide bonds. The van der Waals surface area contributed by atoms with Crippen molar-refractivity contribution < 1.29 is 5.11 Å². The zero-order chi connectivity index (χ0) is 10.2. The van der Waals surface area contributed by atoms with E-state index in [0.29, 0.717) is 12.6 Å². The van der Waals surface area contributed by atoms with Crippen molar-refractivity contribution in [1.82, 2.24) is 4.90 Å². The summed E-state index contributed by atoms with van der Waals surface area (Å²) in [4.78, 5) is 2.40. The molecule has 1 aliphatic rings. The van der Waals surface area contributed by atoms with Crippen LogP contribution in [0.4, 0.5) is 0 Å². The minimum absolute atomic E-state index is 0.305. The number of hydrogen-bond acceptors (Lipinski definition) is 2. The SMILES string of the molecule is CC#CCCN1CCCCCC1CO. The maximum absolute atomic E-state index is 9.27. The van der Waals surface area contributed by atoms with Crippen LogP contribution in [-0.4, -0.2) is 35.7 Å². The molecule has 1 atom stereocenters. The minimum atomic E-state index is 0.305. The fourth-order valence-corrected chi connectivity index (χ4v) is 2.06. The number of likely N-dealkylation sites (tertiary alicyclic amines) is 1. The molecule has 1 fully saturated rings. The Kier molecular flexibility index (Phi) is 5.66. The van der Waals surface area contributed by atoms with Gasteiger partial charge in [0.2, 0.25) is 0 Å². The van der Waals surface area contributed by atoms with Crippen LogP contribution in [0.5, 0.6) is 0 Å². The Morgan fingerprint density at radius 3 is 2.93 bits per heavy atom. The maximum Gasteiger partial charge on any atom is 0.0586 e. The third-order valence-corrected chi connectivity index (χ3v) is 2.91. The van der Waals surface area contributed by atoms with E-state index >= 15 is 0 Å². The quantitative estimate of drug-likeness (QED) is 0.692. The predicted molar refractivity (Wildman–Crippen MR) is 59.0 cm³/mol. The van der Waals surface area contributed by atoms with Crippen molar-refractivity contribution in [2.24, 2.45) is 0 Å². The van der Waals surface area contributed by atoms with E-state index in [-0.39, 0.29) is 0 Å². The first-order chi connectivity index (χ1) is 6.88. The van der Waals surface area contributed by atoms with Crippen LogP contribution in [0.3, 0.4) is 0 Å².